The molecule has 0 bridgehead atoms. The highest BCUT2D eigenvalue weighted by atomic mass is 16.1. The Bertz CT molecular complexity index is 163. The molecule has 4 heteroatoms. The fourth-order valence-corrected chi connectivity index (χ4v) is 0.688. The lowest BCUT2D eigenvalue weighted by Crippen LogP contribution is -2.28. The van der Waals surface area contributed by atoms with Crippen molar-refractivity contribution < 1.29 is 4.79 Å². The van der Waals surface area contributed by atoms with Gasteiger partial charge >= 0.3 is 0 Å². The first-order chi connectivity index (χ1) is 5.11. The van der Waals surface area contributed by atoms with Crippen molar-refractivity contribution in [3.05, 3.63) is 11.9 Å². The Morgan fingerprint density at radius 3 is 2.45 bits per heavy atom. The maximum atomic E-state index is 11.2. The highest BCUT2D eigenvalue weighted by Gasteiger charge is 2.06. The summed E-state index contributed by atoms with van der Waals surface area (Å²) < 4.78 is 0. The van der Waals surface area contributed by atoms with Gasteiger partial charge in [0.15, 0.2) is 5.78 Å². The number of nitrogens with one attached hydrogen (secondary N) is 1. The van der Waals surface area contributed by atoms with Crippen LogP contribution in [0.4, 0.5) is 0 Å². The zero-order chi connectivity index (χ0) is 8.85. The molecule has 64 valence electrons. The van der Waals surface area contributed by atoms with Crippen molar-refractivity contribution in [1.82, 2.24) is 10.2 Å². The highest BCUT2D eigenvalue weighted by Crippen LogP contribution is 1.88. The molecular formula is C7H15N3O. The lowest BCUT2D eigenvalue weighted by Gasteiger charge is -2.09. The number of hydrogen-bond donors (Lipinski definition) is 2. The van der Waals surface area contributed by atoms with Gasteiger partial charge in [0.1, 0.15) is 0 Å². The number of rotatable bonds is 4. The maximum Gasteiger partial charge on any atom is 0.194 e. The van der Waals surface area contributed by atoms with E-state index < -0.39 is 0 Å². The molecule has 0 aromatic carbocycles. The molecule has 0 spiro atoms. The predicted molar refractivity (Wildman–Crippen MR) is 44.9 cm³/mol. The van der Waals surface area contributed by atoms with Crippen LogP contribution in [-0.4, -0.2) is 38.4 Å². The largest absolute Gasteiger partial charge is 0.403 e. The summed E-state index contributed by atoms with van der Waals surface area (Å²) in [7, 11) is 5.34. The molecule has 11 heavy (non-hydrogen) atoms. The van der Waals surface area contributed by atoms with Gasteiger partial charge in [0.2, 0.25) is 0 Å². The molecule has 0 aliphatic rings. The fraction of sp³-hybridized carbons (Fsp3) is 0.571. The van der Waals surface area contributed by atoms with Gasteiger partial charge in [-0.25, -0.2) is 0 Å². The third-order valence-electron chi connectivity index (χ3n) is 1.20. The Balaban J connectivity index is 4.02. The van der Waals surface area contributed by atoms with Gasteiger partial charge in [-0.05, 0) is 14.1 Å². The van der Waals surface area contributed by atoms with E-state index >= 15 is 0 Å². The number of likely N-dealkylation sites (N-methyl/N-ethyl adjacent to an activating group) is 2. The molecule has 0 heterocycles. The monoisotopic (exact) mass is 157 g/mol. The molecule has 0 atom stereocenters. The van der Waals surface area contributed by atoms with E-state index in [2.05, 4.69) is 5.32 Å². The van der Waals surface area contributed by atoms with Gasteiger partial charge in [-0.1, -0.05) is 0 Å². The topological polar surface area (TPSA) is 58.4 Å². The summed E-state index contributed by atoms with van der Waals surface area (Å²) in [6.07, 6.45) is 1.28. The van der Waals surface area contributed by atoms with Crippen LogP contribution >= 0.6 is 0 Å². The van der Waals surface area contributed by atoms with E-state index in [0.29, 0.717) is 12.2 Å². The van der Waals surface area contributed by atoms with E-state index in [9.17, 15) is 4.79 Å². The molecular weight excluding hydrogens is 142 g/mol. The van der Waals surface area contributed by atoms with E-state index in [-0.39, 0.29) is 5.78 Å². The van der Waals surface area contributed by atoms with E-state index in [0.717, 1.165) is 0 Å². The Hall–Kier alpha value is -1.03. The second-order valence-corrected chi connectivity index (χ2v) is 2.49. The van der Waals surface area contributed by atoms with E-state index in [4.69, 9.17) is 5.73 Å². The van der Waals surface area contributed by atoms with Crippen molar-refractivity contribution in [3.8, 4) is 0 Å². The Morgan fingerprint density at radius 2 is 2.18 bits per heavy atom. The summed E-state index contributed by atoms with van der Waals surface area (Å²) in [5.74, 6) is 0.000000000000000444. The van der Waals surface area contributed by atoms with E-state index in [1.807, 2.05) is 14.1 Å². The minimum Gasteiger partial charge on any atom is -0.403 e. The zero-order valence-electron chi connectivity index (χ0n) is 7.22. The van der Waals surface area contributed by atoms with Crippen LogP contribution in [-0.2, 0) is 4.79 Å². The van der Waals surface area contributed by atoms with E-state index in [1.54, 1.807) is 11.9 Å². The molecule has 0 radical (unpaired) electrons. The second-order valence-electron chi connectivity index (χ2n) is 2.49. The van der Waals surface area contributed by atoms with Crippen LogP contribution in [0.3, 0.4) is 0 Å². The summed E-state index contributed by atoms with van der Waals surface area (Å²) >= 11 is 0. The third-order valence-corrected chi connectivity index (χ3v) is 1.20. The maximum absolute atomic E-state index is 11.2. The van der Waals surface area contributed by atoms with Crippen LogP contribution in [0.1, 0.15) is 0 Å². The highest BCUT2D eigenvalue weighted by molar-refractivity contribution is 5.96. The van der Waals surface area contributed by atoms with Crippen molar-refractivity contribution in [2.45, 2.75) is 0 Å². The number of hydrogen-bond acceptors (Lipinski definition) is 4. The van der Waals surface area contributed by atoms with Crippen LogP contribution in [0.15, 0.2) is 11.9 Å². The first-order valence-electron chi connectivity index (χ1n) is 3.39. The second kappa shape index (κ2) is 4.73. The van der Waals surface area contributed by atoms with Crippen LogP contribution in [0.2, 0.25) is 0 Å². The van der Waals surface area contributed by atoms with Crippen molar-refractivity contribution >= 4 is 5.78 Å². The van der Waals surface area contributed by atoms with Gasteiger partial charge in [-0.2, -0.15) is 0 Å². The molecule has 3 N–H and O–H groups in total. The van der Waals surface area contributed by atoms with Gasteiger partial charge in [-0.15, -0.1) is 0 Å². The SMILES string of the molecule is CN/C(=C\N)C(=O)CN(C)C. The lowest BCUT2D eigenvalue weighted by atomic mass is 10.3. The number of nitrogens with zero attached hydrogens (tertiary/aromatic N) is 1. The van der Waals surface area contributed by atoms with Crippen molar-refractivity contribution in [2.75, 3.05) is 27.7 Å². The molecule has 4 nitrogen and oxygen atoms in total. The predicted octanol–water partition coefficient (Wildman–Crippen LogP) is -0.863. The first-order valence-corrected chi connectivity index (χ1v) is 3.39. The molecule has 0 fully saturated rings. The molecule has 0 aromatic rings. The van der Waals surface area contributed by atoms with E-state index in [1.165, 1.54) is 6.20 Å². The average Bonchev–Trinajstić information content (AvgIpc) is 1.88. The minimum atomic E-state index is 0.000000000000000444. The molecule has 0 aliphatic carbocycles. The summed E-state index contributed by atoms with van der Waals surface area (Å²) in [5.41, 5.74) is 5.65. The van der Waals surface area contributed by atoms with Crippen LogP contribution < -0.4 is 11.1 Å². The molecule has 0 aliphatic heterocycles. The van der Waals surface area contributed by atoms with Gasteiger partial charge < -0.3 is 16.0 Å². The number of ketones is 1. The normalized spacial score (nSPS) is 11.8. The number of Topliss-reactive ketones (excluding diaryl/α,β-unsaturated/α-hetero) is 1. The van der Waals surface area contributed by atoms with Crippen LogP contribution in [0.5, 0.6) is 0 Å². The molecule has 0 rings (SSSR count). The Labute approximate surface area is 67.1 Å². The summed E-state index contributed by atoms with van der Waals surface area (Å²) in [5, 5.41) is 2.72. The van der Waals surface area contributed by atoms with Gasteiger partial charge in [0, 0.05) is 13.2 Å². The number of carbonyl (C=O) groups is 1. The molecule has 0 amide bonds. The molecule has 0 saturated carbocycles. The third kappa shape index (κ3) is 3.62. The van der Waals surface area contributed by atoms with Gasteiger partial charge in [0.05, 0.1) is 12.2 Å². The van der Waals surface area contributed by atoms with Crippen molar-refractivity contribution in [1.29, 1.82) is 0 Å². The average molecular weight is 157 g/mol. The lowest BCUT2D eigenvalue weighted by molar-refractivity contribution is -0.116. The molecule has 0 aromatic heterocycles. The van der Waals surface area contributed by atoms with Gasteiger partial charge in [-0.3, -0.25) is 4.79 Å². The smallest absolute Gasteiger partial charge is 0.194 e. The minimum absolute atomic E-state index is 0.000000000000000444. The summed E-state index contributed by atoms with van der Waals surface area (Å²) in [6, 6.07) is 0. The molecule has 0 unspecified atom stereocenters. The fourth-order valence-electron chi connectivity index (χ4n) is 0.688. The Morgan fingerprint density at radius 1 is 1.64 bits per heavy atom. The zero-order valence-corrected chi connectivity index (χ0v) is 7.22. The van der Waals surface area contributed by atoms with Crippen LogP contribution in [0.25, 0.3) is 0 Å². The first kappa shape index (κ1) is 9.97. The Kier molecular flexibility index (Phi) is 4.29. The quantitative estimate of drug-likeness (QED) is 0.521. The summed E-state index contributed by atoms with van der Waals surface area (Å²) in [6.45, 7) is 0.379. The van der Waals surface area contributed by atoms with Gasteiger partial charge in [0.25, 0.3) is 0 Å². The van der Waals surface area contributed by atoms with Crippen LogP contribution in [0, 0.1) is 0 Å². The molecule has 0 saturated heterocycles. The summed E-state index contributed by atoms with van der Waals surface area (Å²) in [4.78, 5) is 13.0. The number of nitrogens with two attached hydrogens (primary N) is 1. The number of carbonyl (C=O) groups excluding carboxylic acids is 1. The van der Waals surface area contributed by atoms with Crippen molar-refractivity contribution in [2.24, 2.45) is 5.73 Å². The standard InChI is InChI=1S/C7H15N3O/c1-9-6(4-8)7(11)5-10(2)3/h4,9H,5,8H2,1-3H3/b6-4-. The van der Waals surface area contributed by atoms with Crippen molar-refractivity contribution in [3.63, 3.8) is 0 Å².